The molecule has 0 spiro atoms. The first-order valence-corrected chi connectivity index (χ1v) is 15.0. The Bertz CT molecular complexity index is 1230. The number of halogens is 1. The Kier molecular flexibility index (Phi) is 14.6. The van der Waals surface area contributed by atoms with E-state index in [0.29, 0.717) is 41.3 Å². The summed E-state index contributed by atoms with van der Waals surface area (Å²) in [6, 6.07) is 9.22. The van der Waals surface area contributed by atoms with E-state index in [1.54, 1.807) is 44.9 Å². The van der Waals surface area contributed by atoms with E-state index in [1.165, 1.54) is 14.2 Å². The van der Waals surface area contributed by atoms with Crippen LogP contribution < -0.4 is 10.1 Å². The maximum Gasteiger partial charge on any atom is 0.243 e. The highest BCUT2D eigenvalue weighted by atomic mass is 35.5. The van der Waals surface area contributed by atoms with Gasteiger partial charge in [0.15, 0.2) is 0 Å². The number of methoxy groups -OCH3 is 1. The molecule has 0 saturated carbocycles. The second-order valence-corrected chi connectivity index (χ2v) is 12.4. The van der Waals surface area contributed by atoms with E-state index in [2.05, 4.69) is 10.2 Å². The zero-order chi connectivity index (χ0) is 30.6. The minimum atomic E-state index is -3.68. The number of nitrogens with one attached hydrogen (secondary N) is 1. The molecule has 2 aromatic carbocycles. The Balaban J connectivity index is 0.000000402. The lowest BCUT2D eigenvalue weighted by atomic mass is 10.1. The van der Waals surface area contributed by atoms with Gasteiger partial charge in [-0.3, -0.25) is 9.59 Å². The topological polar surface area (TPSA) is 99.3 Å². The summed E-state index contributed by atoms with van der Waals surface area (Å²) < 4.78 is 31.5. The minimum Gasteiger partial charge on any atom is -0.497 e. The van der Waals surface area contributed by atoms with Crippen LogP contribution in [0.15, 0.2) is 35.2 Å². The van der Waals surface area contributed by atoms with Crippen LogP contribution in [0.1, 0.15) is 43.4 Å². The van der Waals surface area contributed by atoms with Gasteiger partial charge in [0.2, 0.25) is 15.9 Å². The van der Waals surface area contributed by atoms with Gasteiger partial charge in [0.05, 0.1) is 29.3 Å². The third kappa shape index (κ3) is 11.1. The Morgan fingerprint density at radius 3 is 2.10 bits per heavy atom. The highest BCUT2D eigenvalue weighted by molar-refractivity contribution is 7.89. The van der Waals surface area contributed by atoms with Crippen molar-refractivity contribution in [3.63, 3.8) is 0 Å². The number of likely N-dealkylation sites (N-methyl/N-ethyl adjacent to an activating group) is 2. The number of Topliss-reactive ketones (excluding diaryl/α,β-unsaturated/α-hetero) is 1. The van der Waals surface area contributed by atoms with Gasteiger partial charge in [-0.25, -0.2) is 8.42 Å². The Hall–Kier alpha value is -2.66. The average Bonchev–Trinajstić information content (AvgIpc) is 2.84. The number of amides is 1. The van der Waals surface area contributed by atoms with E-state index in [0.717, 1.165) is 28.6 Å². The SMILES string of the molecule is CC(=O)N(C)Cc1ccc(NCCN(C)C)c(Cl)c1.CCCC(=O)CN(C)S(=O)(=O)c1c(C)cc(OC)cc1C. The zero-order valence-electron chi connectivity index (χ0n) is 25.3. The largest absolute Gasteiger partial charge is 0.497 e. The molecular weight excluding hydrogens is 552 g/mol. The van der Waals surface area contributed by atoms with Gasteiger partial charge < -0.3 is 19.9 Å². The molecule has 0 heterocycles. The number of nitrogens with zero attached hydrogens (tertiary/aromatic N) is 3. The zero-order valence-corrected chi connectivity index (χ0v) is 26.9. The van der Waals surface area contributed by atoms with Crippen molar-refractivity contribution in [1.82, 2.24) is 14.1 Å². The number of hydrogen-bond acceptors (Lipinski definition) is 7. The van der Waals surface area contributed by atoms with Crippen LogP contribution in [0, 0.1) is 13.8 Å². The van der Waals surface area contributed by atoms with Gasteiger partial charge in [-0.1, -0.05) is 24.6 Å². The highest BCUT2D eigenvalue weighted by Crippen LogP contribution is 2.28. The van der Waals surface area contributed by atoms with Crippen LogP contribution in [0.2, 0.25) is 5.02 Å². The molecule has 0 atom stereocenters. The van der Waals surface area contributed by atoms with Crippen LogP contribution in [0.5, 0.6) is 5.75 Å². The number of ether oxygens (including phenoxy) is 1. The second-order valence-electron chi connectivity index (χ2n) is 10.1. The fraction of sp³-hybridized carbons (Fsp3) is 0.517. The van der Waals surface area contributed by atoms with Crippen LogP contribution >= 0.6 is 11.6 Å². The number of ketones is 1. The van der Waals surface area contributed by atoms with Gasteiger partial charge in [0.25, 0.3) is 0 Å². The average molecular weight is 597 g/mol. The van der Waals surface area contributed by atoms with Gasteiger partial charge in [-0.05, 0) is 75.3 Å². The molecule has 9 nitrogen and oxygen atoms in total. The van der Waals surface area contributed by atoms with Gasteiger partial charge >= 0.3 is 0 Å². The Labute approximate surface area is 245 Å². The number of carbonyl (C=O) groups excluding carboxylic acids is 2. The summed E-state index contributed by atoms with van der Waals surface area (Å²) in [6.45, 7) is 9.18. The number of anilines is 1. The first-order valence-electron chi connectivity index (χ1n) is 13.2. The van der Waals surface area contributed by atoms with Crippen molar-refractivity contribution >= 4 is 39.0 Å². The summed E-state index contributed by atoms with van der Waals surface area (Å²) in [4.78, 5) is 26.9. The van der Waals surface area contributed by atoms with Crippen molar-refractivity contribution in [2.45, 2.75) is 52.0 Å². The maximum absolute atomic E-state index is 12.6. The third-order valence-electron chi connectivity index (χ3n) is 6.13. The number of rotatable bonds is 13. The molecular formula is C29H45ClN4O5S. The molecule has 1 N–H and O–H groups in total. The molecule has 0 bridgehead atoms. The van der Waals surface area contributed by atoms with E-state index >= 15 is 0 Å². The Morgan fingerprint density at radius 2 is 1.62 bits per heavy atom. The summed E-state index contributed by atoms with van der Waals surface area (Å²) in [7, 11) is 5.14. The lowest BCUT2D eigenvalue weighted by Gasteiger charge is -2.20. The van der Waals surface area contributed by atoms with Gasteiger partial charge in [0.1, 0.15) is 11.5 Å². The van der Waals surface area contributed by atoms with Crippen LogP contribution in [-0.2, 0) is 26.2 Å². The lowest BCUT2D eigenvalue weighted by molar-refractivity contribution is -0.128. The van der Waals surface area contributed by atoms with Crippen molar-refractivity contribution in [2.75, 3.05) is 60.3 Å². The Morgan fingerprint density at radius 1 is 1.02 bits per heavy atom. The summed E-state index contributed by atoms with van der Waals surface area (Å²) >= 11 is 6.23. The van der Waals surface area contributed by atoms with E-state index in [1.807, 2.05) is 39.2 Å². The lowest BCUT2D eigenvalue weighted by Crippen LogP contribution is -2.33. The van der Waals surface area contributed by atoms with E-state index in [9.17, 15) is 18.0 Å². The minimum absolute atomic E-state index is 0.0457. The number of aryl methyl sites for hydroxylation is 2. The van der Waals surface area contributed by atoms with Crippen LogP contribution in [-0.4, -0.2) is 89.1 Å². The molecule has 1 amide bonds. The van der Waals surface area contributed by atoms with Crippen LogP contribution in [0.25, 0.3) is 0 Å². The van der Waals surface area contributed by atoms with Gasteiger partial charge in [-0.15, -0.1) is 0 Å². The van der Waals surface area contributed by atoms with Crippen molar-refractivity contribution in [1.29, 1.82) is 0 Å². The first-order chi connectivity index (χ1) is 18.6. The fourth-order valence-corrected chi connectivity index (χ4v) is 5.71. The molecule has 0 radical (unpaired) electrons. The smallest absolute Gasteiger partial charge is 0.243 e. The molecule has 0 saturated heterocycles. The first kappa shape index (κ1) is 35.4. The van der Waals surface area contributed by atoms with E-state index in [-0.39, 0.29) is 23.1 Å². The van der Waals surface area contributed by atoms with Gasteiger partial charge in [0, 0.05) is 47.1 Å². The van der Waals surface area contributed by atoms with Crippen LogP contribution in [0.3, 0.4) is 0 Å². The fourth-order valence-electron chi connectivity index (χ4n) is 3.88. The number of carbonyl (C=O) groups is 2. The summed E-state index contributed by atoms with van der Waals surface area (Å²) in [6.07, 6.45) is 1.10. The summed E-state index contributed by atoms with van der Waals surface area (Å²) in [5.74, 6) is 0.588. The molecule has 0 aliphatic heterocycles. The number of sulfonamides is 1. The standard InChI is InChI=1S/C15H23NO4S.C14H22ClN3O/c1-6-7-13(17)10-16(4)21(18,19)15-11(2)8-14(20-5)9-12(15)3;1-11(19)18(4)10-12-5-6-14(13(15)9-12)16-7-8-17(2)3/h8-9H,6-7,10H2,1-5H3;5-6,9,16H,7-8,10H2,1-4H3. The molecule has 2 rings (SSSR count). The molecule has 11 heteroatoms. The molecule has 0 unspecified atom stereocenters. The van der Waals surface area contributed by atoms with Crippen molar-refractivity contribution in [2.24, 2.45) is 0 Å². The maximum atomic E-state index is 12.6. The predicted octanol–water partition coefficient (Wildman–Crippen LogP) is 4.59. The summed E-state index contributed by atoms with van der Waals surface area (Å²) in [5.41, 5.74) is 3.18. The van der Waals surface area contributed by atoms with Crippen molar-refractivity contribution in [3.05, 3.63) is 52.0 Å². The molecule has 0 fully saturated rings. The van der Waals surface area contributed by atoms with E-state index < -0.39 is 10.0 Å². The quantitative estimate of drug-likeness (QED) is 0.361. The molecule has 40 heavy (non-hydrogen) atoms. The molecule has 0 aromatic heterocycles. The molecule has 0 aliphatic rings. The highest BCUT2D eigenvalue weighted by Gasteiger charge is 2.26. The monoisotopic (exact) mass is 596 g/mol. The van der Waals surface area contributed by atoms with Crippen molar-refractivity contribution in [3.8, 4) is 5.75 Å². The van der Waals surface area contributed by atoms with Crippen LogP contribution in [0.4, 0.5) is 5.69 Å². The van der Waals surface area contributed by atoms with E-state index in [4.69, 9.17) is 16.3 Å². The number of benzene rings is 2. The third-order valence-corrected chi connectivity index (χ3v) is 8.55. The summed E-state index contributed by atoms with van der Waals surface area (Å²) in [5, 5.41) is 3.98. The number of hydrogen-bond donors (Lipinski definition) is 1. The molecule has 2 aromatic rings. The predicted molar refractivity (Wildman–Crippen MR) is 163 cm³/mol. The van der Waals surface area contributed by atoms with Gasteiger partial charge in [-0.2, -0.15) is 4.31 Å². The normalized spacial score (nSPS) is 11.2. The molecule has 224 valence electrons. The molecule has 0 aliphatic carbocycles. The van der Waals surface area contributed by atoms with Crippen molar-refractivity contribution < 1.29 is 22.7 Å². The second kappa shape index (κ2) is 16.6.